The molecule has 0 amide bonds. The van der Waals surface area contributed by atoms with Gasteiger partial charge in [-0.2, -0.15) is 0 Å². The van der Waals surface area contributed by atoms with Crippen LogP contribution in [0.15, 0.2) is 0 Å². The minimum atomic E-state index is 0. The summed E-state index contributed by atoms with van der Waals surface area (Å²) in [6.45, 7) is 4.02. The van der Waals surface area contributed by atoms with Gasteiger partial charge in [0.2, 0.25) is 0 Å². The van der Waals surface area contributed by atoms with Crippen LogP contribution in [-0.4, -0.2) is 50.9 Å². The number of unbranched alkanes of at least 4 members (excludes halogenated alkanes) is 2. The molecule has 0 saturated heterocycles. The molecular weight excluding hydrogens is 329 g/mol. The number of hydrogen-bond donors (Lipinski definition) is 1. The molecule has 0 saturated carbocycles. The second kappa shape index (κ2) is 29.8. The summed E-state index contributed by atoms with van der Waals surface area (Å²) in [7, 11) is 0. The van der Waals surface area contributed by atoms with Crippen LogP contribution in [0.5, 0.6) is 0 Å². The Kier molecular flexibility index (Phi) is 41.4. The van der Waals surface area contributed by atoms with Gasteiger partial charge in [-0.1, -0.05) is 13.8 Å². The molecule has 0 unspecified atom stereocenters. The van der Waals surface area contributed by atoms with Crippen molar-refractivity contribution in [2.24, 2.45) is 5.73 Å². The van der Waals surface area contributed by atoms with Crippen molar-refractivity contribution in [2.75, 3.05) is 29.8 Å². The Morgan fingerprint density at radius 2 is 1.56 bits per heavy atom. The predicted molar refractivity (Wildman–Crippen MR) is 72.9 cm³/mol. The van der Waals surface area contributed by atoms with Crippen molar-refractivity contribution >= 4 is 32.9 Å². The van der Waals surface area contributed by atoms with Gasteiger partial charge in [-0.05, 0) is 0 Å². The molecule has 0 aromatic carbocycles. The van der Waals surface area contributed by atoms with Crippen LogP contribution in [0, 0.1) is 0 Å². The molecule has 0 rings (SSSR count). The Morgan fingerprint density at radius 3 is 1.94 bits per heavy atom. The van der Waals surface area contributed by atoms with Crippen molar-refractivity contribution in [3.63, 3.8) is 0 Å². The normalized spacial score (nSPS) is 8.12. The van der Waals surface area contributed by atoms with Crippen LogP contribution in [0.4, 0.5) is 0 Å². The molecule has 2 N–H and O–H groups in total. The van der Waals surface area contributed by atoms with E-state index < -0.39 is 0 Å². The third kappa shape index (κ3) is 45.9. The molecule has 0 spiro atoms. The summed E-state index contributed by atoms with van der Waals surface area (Å²) >= 11 is 2.08. The van der Waals surface area contributed by atoms with Gasteiger partial charge in [0, 0.05) is 0 Å². The number of nitrogens with two attached hydrogens (primary N) is 1. The van der Waals surface area contributed by atoms with Crippen LogP contribution < -0.4 is 15.9 Å². The van der Waals surface area contributed by atoms with Crippen LogP contribution in [0.2, 0.25) is 4.44 Å². The van der Waals surface area contributed by atoms with E-state index in [9.17, 15) is 0 Å². The van der Waals surface area contributed by atoms with Gasteiger partial charge < -0.3 is 10.2 Å². The minimum absolute atomic E-state index is 0. The zero-order chi connectivity index (χ0) is 13.1. The SMILES string of the molecule is CC[O-].CC[O-].CS[CH2][Sn+2][CH2]CCCCN. The molecule has 0 aliphatic rings. The number of hydrogen-bond acceptors (Lipinski definition) is 4. The van der Waals surface area contributed by atoms with Gasteiger partial charge >= 0.3 is 78.9 Å². The quantitative estimate of drug-likeness (QED) is 0.526. The molecule has 16 heavy (non-hydrogen) atoms. The summed E-state index contributed by atoms with van der Waals surface area (Å²) < 4.78 is 3.05. The van der Waals surface area contributed by atoms with Crippen LogP contribution in [0.1, 0.15) is 33.1 Å². The van der Waals surface area contributed by atoms with E-state index in [1.165, 1.54) is 23.0 Å². The molecule has 0 heterocycles. The predicted octanol–water partition coefficient (Wildman–Crippen LogP) is 0.292. The standard InChI is InChI=1S/C5H12N.2C2H5O.C2H5S.Sn/c1-2-3-4-5-6;2*1-2-3;1-3-2;/h1-6H2;2*2H2,1H3;1H2,2H3;/q;2*-1;;+2. The van der Waals surface area contributed by atoms with Crippen molar-refractivity contribution in [2.45, 2.75) is 37.5 Å². The molecule has 0 radical (unpaired) electrons. The summed E-state index contributed by atoms with van der Waals surface area (Å²) in [6.07, 6.45) is 6.26. The fourth-order valence-electron chi connectivity index (χ4n) is 0.745. The number of rotatable bonds is 7. The first-order chi connectivity index (χ1) is 7.74. The molecule has 0 aliphatic carbocycles. The van der Waals surface area contributed by atoms with E-state index >= 15 is 0 Å². The van der Waals surface area contributed by atoms with E-state index in [-0.39, 0.29) is 34.4 Å². The van der Waals surface area contributed by atoms with E-state index in [4.69, 9.17) is 15.9 Å². The Bertz CT molecular complexity index is 80.4. The van der Waals surface area contributed by atoms with E-state index in [1.54, 1.807) is 18.3 Å². The Balaban J connectivity index is -0.000000235. The second-order valence-electron chi connectivity index (χ2n) is 2.86. The van der Waals surface area contributed by atoms with Crippen LogP contribution in [-0.2, 0) is 0 Å². The van der Waals surface area contributed by atoms with Crippen molar-refractivity contribution < 1.29 is 10.2 Å². The van der Waals surface area contributed by atoms with Crippen molar-refractivity contribution in [1.82, 2.24) is 0 Å². The Morgan fingerprint density at radius 1 is 1.06 bits per heavy atom. The van der Waals surface area contributed by atoms with E-state index in [1.807, 2.05) is 11.8 Å². The van der Waals surface area contributed by atoms with Gasteiger partial charge in [0.25, 0.3) is 0 Å². The fraction of sp³-hybridized carbons (Fsp3) is 1.00. The molecule has 0 aromatic heterocycles. The molecule has 0 aliphatic heterocycles. The van der Waals surface area contributed by atoms with E-state index in [0.717, 1.165) is 6.54 Å². The summed E-state index contributed by atoms with van der Waals surface area (Å²) in [4.78, 5) is 0. The third-order valence-electron chi connectivity index (χ3n) is 1.30. The molecule has 98 valence electrons. The van der Waals surface area contributed by atoms with Crippen LogP contribution in [0.25, 0.3) is 0 Å². The molecule has 0 fully saturated rings. The Hall–Kier alpha value is 1.03. The topological polar surface area (TPSA) is 72.1 Å². The third-order valence-corrected chi connectivity index (χ3v) is 8.03. The Labute approximate surface area is 116 Å². The average molecular weight is 356 g/mol. The molecule has 0 atom stereocenters. The van der Waals surface area contributed by atoms with Crippen molar-refractivity contribution in [3.8, 4) is 0 Å². The summed E-state index contributed by atoms with van der Waals surface area (Å²) in [6, 6.07) is 0. The van der Waals surface area contributed by atoms with Gasteiger partial charge in [-0.25, -0.2) is 0 Å². The van der Waals surface area contributed by atoms with E-state index in [0.29, 0.717) is 0 Å². The van der Waals surface area contributed by atoms with Gasteiger partial charge in [0.05, 0.1) is 0 Å². The van der Waals surface area contributed by atoms with Gasteiger partial charge in [0.1, 0.15) is 0 Å². The van der Waals surface area contributed by atoms with Gasteiger partial charge in [-0.15, -0.1) is 13.2 Å². The van der Waals surface area contributed by atoms with Crippen LogP contribution >= 0.6 is 11.8 Å². The summed E-state index contributed by atoms with van der Waals surface area (Å²) in [5.41, 5.74) is 5.38. The van der Waals surface area contributed by atoms with E-state index in [2.05, 4.69) is 6.26 Å². The zero-order valence-electron chi connectivity index (χ0n) is 11.0. The van der Waals surface area contributed by atoms with Crippen molar-refractivity contribution in [3.05, 3.63) is 0 Å². The summed E-state index contributed by atoms with van der Waals surface area (Å²) in [5, 5.41) is 17.9. The maximum atomic E-state index is 8.93. The first kappa shape index (κ1) is 22.2. The molecule has 0 aromatic rings. The molecule has 5 heteroatoms. The van der Waals surface area contributed by atoms with Gasteiger partial charge in [-0.3, -0.25) is 0 Å². The van der Waals surface area contributed by atoms with Crippen molar-refractivity contribution in [1.29, 1.82) is 0 Å². The summed E-state index contributed by atoms with van der Waals surface area (Å²) in [5.74, 6) is 0. The molecule has 0 bridgehead atoms. The van der Waals surface area contributed by atoms with Gasteiger partial charge in [0.15, 0.2) is 0 Å². The average Bonchev–Trinajstić information content (AvgIpc) is 2.26. The van der Waals surface area contributed by atoms with Crippen LogP contribution in [0.3, 0.4) is 0 Å². The molecular formula is C11H27NO2SSn. The maximum absolute atomic E-state index is 8.93. The molecule has 3 nitrogen and oxygen atoms in total. The first-order valence-corrected chi connectivity index (χ1v) is 11.2. The zero-order valence-corrected chi connectivity index (χ0v) is 14.6. The number of thioether (sulfide) groups is 1. The monoisotopic (exact) mass is 357 g/mol. The fourth-order valence-corrected chi connectivity index (χ4v) is 5.50. The first-order valence-electron chi connectivity index (χ1n) is 5.80. The second-order valence-corrected chi connectivity index (χ2v) is 9.05.